The van der Waals surface area contributed by atoms with Crippen LogP contribution in [0.3, 0.4) is 0 Å². The average molecular weight is 373 g/mol. The van der Waals surface area contributed by atoms with E-state index in [9.17, 15) is 14.4 Å². The van der Waals surface area contributed by atoms with Gasteiger partial charge in [0.05, 0.1) is 0 Å². The van der Waals surface area contributed by atoms with Gasteiger partial charge in [-0.15, -0.1) is 0 Å². The van der Waals surface area contributed by atoms with Crippen molar-refractivity contribution in [1.29, 1.82) is 0 Å². The average Bonchev–Trinajstić information content (AvgIpc) is 2.81. The number of ether oxygens (including phenoxy) is 2. The van der Waals surface area contributed by atoms with Crippen molar-refractivity contribution >= 4 is 17.8 Å². The largest absolute Gasteiger partial charge is 0.458 e. The van der Waals surface area contributed by atoms with Gasteiger partial charge in [-0.2, -0.15) is 0 Å². The highest BCUT2D eigenvalue weighted by Crippen LogP contribution is 2.54. The first-order valence-corrected chi connectivity index (χ1v) is 9.39. The Labute approximate surface area is 159 Å². The van der Waals surface area contributed by atoms with Crippen LogP contribution in [0, 0.1) is 11.3 Å². The van der Waals surface area contributed by atoms with Crippen molar-refractivity contribution in [2.45, 2.75) is 59.7 Å². The van der Waals surface area contributed by atoms with Gasteiger partial charge in [-0.3, -0.25) is 14.4 Å². The quantitative estimate of drug-likeness (QED) is 0.711. The van der Waals surface area contributed by atoms with Crippen LogP contribution >= 0.6 is 0 Å². The predicted molar refractivity (Wildman–Crippen MR) is 99.2 cm³/mol. The van der Waals surface area contributed by atoms with Crippen molar-refractivity contribution in [2.24, 2.45) is 11.3 Å². The molecule has 3 aliphatic rings. The lowest BCUT2D eigenvalue weighted by Gasteiger charge is -2.48. The summed E-state index contributed by atoms with van der Waals surface area (Å²) in [5.41, 5.74) is 3.40. The number of fused-ring (bicyclic) bond motifs is 2. The Bertz CT molecular complexity index is 805. The normalized spacial score (nSPS) is 32.4. The maximum absolute atomic E-state index is 12.4. The van der Waals surface area contributed by atoms with Crippen LogP contribution in [0.2, 0.25) is 0 Å². The Morgan fingerprint density at radius 2 is 2.00 bits per heavy atom. The van der Waals surface area contributed by atoms with Gasteiger partial charge >= 0.3 is 11.9 Å². The second-order valence-electron chi connectivity index (χ2n) is 7.88. The Balaban J connectivity index is 2.09. The van der Waals surface area contributed by atoms with Crippen molar-refractivity contribution in [3.63, 3.8) is 0 Å². The Kier molecular flexibility index (Phi) is 4.78. The summed E-state index contributed by atoms with van der Waals surface area (Å²) in [5, 5.41) is 0. The summed E-state index contributed by atoms with van der Waals surface area (Å²) in [6.45, 7) is 9.09. The van der Waals surface area contributed by atoms with Gasteiger partial charge in [-0.25, -0.2) is 0 Å². The Morgan fingerprint density at radius 1 is 1.33 bits per heavy atom. The lowest BCUT2D eigenvalue weighted by atomic mass is 9.59. The summed E-state index contributed by atoms with van der Waals surface area (Å²) < 4.78 is 11.2. The number of allylic oxidation sites excluding steroid dienone is 3. The molecule has 1 amide bonds. The van der Waals surface area contributed by atoms with Crippen molar-refractivity contribution in [3.8, 4) is 0 Å². The molecule has 0 N–H and O–H groups in total. The van der Waals surface area contributed by atoms with Gasteiger partial charge in [-0.1, -0.05) is 20.8 Å². The van der Waals surface area contributed by atoms with E-state index in [1.54, 1.807) is 18.9 Å². The molecule has 0 spiro atoms. The summed E-state index contributed by atoms with van der Waals surface area (Å²) in [5.74, 6) is -0.811. The number of likely N-dealkylation sites (N-methyl/N-ethyl adjacent to an activating group) is 1. The molecule has 1 aliphatic heterocycles. The first kappa shape index (κ1) is 19.4. The number of esters is 2. The summed E-state index contributed by atoms with van der Waals surface area (Å²) in [7, 11) is 1.77. The van der Waals surface area contributed by atoms with E-state index >= 15 is 0 Å². The SMILES string of the molecule is CCC(=O)O[C@H]1[C@H](OC(C)=O)C=C2C=C3C(=C(C)C(=O)N3C)C[C@]2(C)[C@H]1C. The molecule has 0 unspecified atom stereocenters. The van der Waals surface area contributed by atoms with Crippen LogP contribution < -0.4 is 0 Å². The monoisotopic (exact) mass is 373 g/mol. The third-order valence-electron chi connectivity index (χ3n) is 6.27. The third-order valence-corrected chi connectivity index (χ3v) is 6.27. The van der Waals surface area contributed by atoms with E-state index in [4.69, 9.17) is 9.47 Å². The summed E-state index contributed by atoms with van der Waals surface area (Å²) in [6, 6.07) is 0. The number of nitrogens with zero attached hydrogens (tertiary/aromatic N) is 1. The molecule has 6 nitrogen and oxygen atoms in total. The number of rotatable bonds is 3. The maximum atomic E-state index is 12.4. The smallest absolute Gasteiger partial charge is 0.305 e. The Hall–Kier alpha value is -2.37. The molecule has 6 heteroatoms. The van der Waals surface area contributed by atoms with Crippen LogP contribution in [0.15, 0.2) is 34.6 Å². The van der Waals surface area contributed by atoms with Gasteiger partial charge in [0, 0.05) is 43.0 Å². The molecule has 4 atom stereocenters. The fourth-order valence-electron chi connectivity index (χ4n) is 4.35. The highest BCUT2D eigenvalue weighted by Gasteiger charge is 2.51. The van der Waals surface area contributed by atoms with Gasteiger partial charge < -0.3 is 14.4 Å². The van der Waals surface area contributed by atoms with Gasteiger partial charge in [-0.05, 0) is 36.6 Å². The van der Waals surface area contributed by atoms with Crippen LogP contribution in [0.5, 0.6) is 0 Å². The standard InChI is InChI=1S/C21H27NO5/c1-7-18(24)27-19-12(3)21(5)10-15-11(2)20(25)22(6)16(15)8-14(21)9-17(19)26-13(4)23/h8-9,12,17,19H,7,10H2,1-6H3/t12-,17+,19+,21+/m0/s1. The minimum atomic E-state index is -0.637. The number of carbonyl (C=O) groups is 3. The molecule has 0 radical (unpaired) electrons. The van der Waals surface area contributed by atoms with Gasteiger partial charge in [0.25, 0.3) is 5.91 Å². The molecule has 146 valence electrons. The molecule has 0 bridgehead atoms. The summed E-state index contributed by atoms with van der Waals surface area (Å²) >= 11 is 0. The predicted octanol–water partition coefficient (Wildman–Crippen LogP) is 2.90. The lowest BCUT2D eigenvalue weighted by molar-refractivity contribution is -0.171. The van der Waals surface area contributed by atoms with Gasteiger partial charge in [0.1, 0.15) is 6.10 Å². The van der Waals surface area contributed by atoms with Crippen LogP contribution in [-0.2, 0) is 23.9 Å². The minimum Gasteiger partial charge on any atom is -0.458 e. The van der Waals surface area contributed by atoms with Crippen LogP contribution in [0.25, 0.3) is 0 Å². The molecule has 1 heterocycles. The number of amides is 1. The van der Waals surface area contributed by atoms with Gasteiger partial charge in [0.15, 0.2) is 6.10 Å². The summed E-state index contributed by atoms with van der Waals surface area (Å²) in [4.78, 5) is 37.7. The molecular formula is C21H27NO5. The molecule has 3 rings (SSSR count). The molecule has 0 aromatic heterocycles. The molecule has 0 saturated carbocycles. The fraction of sp³-hybridized carbons (Fsp3) is 0.571. The Morgan fingerprint density at radius 3 is 2.59 bits per heavy atom. The van der Waals surface area contributed by atoms with Crippen LogP contribution in [0.1, 0.15) is 47.5 Å². The minimum absolute atomic E-state index is 0.0113. The molecule has 2 aliphatic carbocycles. The first-order chi connectivity index (χ1) is 12.6. The van der Waals surface area contributed by atoms with E-state index in [-0.39, 0.29) is 29.6 Å². The molecule has 0 aromatic rings. The zero-order chi connectivity index (χ0) is 20.1. The molecule has 0 aromatic carbocycles. The fourth-order valence-corrected chi connectivity index (χ4v) is 4.35. The second-order valence-corrected chi connectivity index (χ2v) is 7.88. The van der Waals surface area contributed by atoms with Crippen molar-refractivity contribution in [3.05, 3.63) is 34.6 Å². The van der Waals surface area contributed by atoms with Gasteiger partial charge in [0.2, 0.25) is 0 Å². The van der Waals surface area contributed by atoms with Crippen molar-refractivity contribution < 1.29 is 23.9 Å². The summed E-state index contributed by atoms with van der Waals surface area (Å²) in [6.07, 6.45) is 3.64. The molecular weight excluding hydrogens is 346 g/mol. The molecule has 27 heavy (non-hydrogen) atoms. The van der Waals surface area contributed by atoms with E-state index in [2.05, 4.69) is 6.92 Å². The molecule has 0 fully saturated rings. The molecule has 0 saturated heterocycles. The van der Waals surface area contributed by atoms with Crippen LogP contribution in [-0.4, -0.2) is 42.0 Å². The van der Waals surface area contributed by atoms with Crippen molar-refractivity contribution in [2.75, 3.05) is 7.05 Å². The maximum Gasteiger partial charge on any atom is 0.305 e. The van der Waals surface area contributed by atoms with E-state index in [1.807, 2.05) is 26.0 Å². The van der Waals surface area contributed by atoms with E-state index in [0.717, 1.165) is 22.4 Å². The van der Waals surface area contributed by atoms with Crippen molar-refractivity contribution in [1.82, 2.24) is 4.90 Å². The lowest BCUT2D eigenvalue weighted by Crippen LogP contribution is -2.50. The van der Waals surface area contributed by atoms with Crippen LogP contribution in [0.4, 0.5) is 0 Å². The number of hydrogen-bond acceptors (Lipinski definition) is 5. The highest BCUT2D eigenvalue weighted by molar-refractivity contribution is 6.00. The van der Waals surface area contributed by atoms with E-state index in [1.165, 1.54) is 6.92 Å². The highest BCUT2D eigenvalue weighted by atomic mass is 16.6. The van der Waals surface area contributed by atoms with E-state index in [0.29, 0.717) is 6.42 Å². The topological polar surface area (TPSA) is 72.9 Å². The third kappa shape index (κ3) is 3.01. The zero-order valence-corrected chi connectivity index (χ0v) is 16.8. The first-order valence-electron chi connectivity index (χ1n) is 9.39. The second kappa shape index (κ2) is 6.66. The zero-order valence-electron chi connectivity index (χ0n) is 16.8. The number of carbonyl (C=O) groups excluding carboxylic acids is 3. The van der Waals surface area contributed by atoms with E-state index < -0.39 is 18.2 Å². The number of hydrogen-bond donors (Lipinski definition) is 0.